The van der Waals surface area contributed by atoms with E-state index in [4.69, 9.17) is 27.9 Å². The van der Waals surface area contributed by atoms with Gasteiger partial charge in [0, 0.05) is 48.8 Å². The number of carbonyl (C=O) groups is 3. The third-order valence-electron chi connectivity index (χ3n) is 7.31. The zero-order valence-corrected chi connectivity index (χ0v) is 22.6. The molecule has 11 heteroatoms. The number of ether oxygens (including phenoxy) is 1. The van der Waals surface area contributed by atoms with Gasteiger partial charge in [0.1, 0.15) is 5.54 Å². The van der Waals surface area contributed by atoms with Gasteiger partial charge in [-0.15, -0.1) is 0 Å². The van der Waals surface area contributed by atoms with Gasteiger partial charge in [-0.05, 0) is 48.0 Å². The van der Waals surface area contributed by atoms with Crippen LogP contribution in [0.2, 0.25) is 10.0 Å². The SMILES string of the molecule is COC(=O)c1ccc(CN2CC(c3ccc(C#N)cc3)C3(C2)C(=O)N(c2cc(Cl)cc(Cl)c2)C(=O)N3C)nc1. The van der Waals surface area contributed by atoms with Gasteiger partial charge in [-0.25, -0.2) is 14.5 Å². The Hall–Kier alpha value is -3.97. The number of hydrogen-bond donors (Lipinski definition) is 0. The molecule has 9 nitrogen and oxygen atoms in total. The van der Waals surface area contributed by atoms with Crippen molar-refractivity contribution in [2.45, 2.75) is 18.0 Å². The summed E-state index contributed by atoms with van der Waals surface area (Å²) in [5.41, 5.74) is 1.41. The van der Waals surface area contributed by atoms with E-state index in [-0.39, 0.29) is 12.5 Å². The fourth-order valence-corrected chi connectivity index (χ4v) is 5.91. The predicted molar refractivity (Wildman–Crippen MR) is 145 cm³/mol. The second kappa shape index (κ2) is 10.3. The van der Waals surface area contributed by atoms with Crippen molar-refractivity contribution in [1.29, 1.82) is 5.26 Å². The molecule has 3 aromatic rings. The molecular weight excluding hydrogens is 541 g/mol. The fraction of sp³-hybridized carbons (Fsp3) is 0.250. The van der Waals surface area contributed by atoms with Crippen molar-refractivity contribution in [2.75, 3.05) is 32.1 Å². The summed E-state index contributed by atoms with van der Waals surface area (Å²) in [4.78, 5) is 48.7. The minimum atomic E-state index is -1.23. The van der Waals surface area contributed by atoms with Gasteiger partial charge >= 0.3 is 12.0 Å². The zero-order valence-electron chi connectivity index (χ0n) is 21.1. The zero-order chi connectivity index (χ0) is 27.9. The van der Waals surface area contributed by atoms with Crippen molar-refractivity contribution in [2.24, 2.45) is 0 Å². The van der Waals surface area contributed by atoms with Gasteiger partial charge in [0.15, 0.2) is 0 Å². The van der Waals surface area contributed by atoms with Crippen LogP contribution in [0.25, 0.3) is 0 Å². The van der Waals surface area contributed by atoms with E-state index in [0.717, 1.165) is 10.5 Å². The number of rotatable bonds is 5. The molecule has 2 saturated heterocycles. The van der Waals surface area contributed by atoms with Gasteiger partial charge in [-0.3, -0.25) is 14.7 Å². The van der Waals surface area contributed by atoms with E-state index >= 15 is 0 Å². The van der Waals surface area contributed by atoms with E-state index < -0.39 is 23.5 Å². The number of pyridine rings is 1. The molecule has 5 rings (SSSR count). The van der Waals surface area contributed by atoms with Crippen LogP contribution < -0.4 is 4.90 Å². The first-order valence-electron chi connectivity index (χ1n) is 12.0. The molecule has 2 fully saturated rings. The Balaban J connectivity index is 1.53. The first-order chi connectivity index (χ1) is 18.7. The van der Waals surface area contributed by atoms with E-state index in [9.17, 15) is 19.6 Å². The maximum absolute atomic E-state index is 14.3. The molecule has 0 N–H and O–H groups in total. The molecule has 0 saturated carbocycles. The number of aromatic nitrogens is 1. The van der Waals surface area contributed by atoms with Crippen molar-refractivity contribution in [1.82, 2.24) is 14.8 Å². The predicted octanol–water partition coefficient (Wildman–Crippen LogP) is 4.48. The molecule has 3 heterocycles. The molecule has 0 aliphatic carbocycles. The molecule has 2 unspecified atom stereocenters. The summed E-state index contributed by atoms with van der Waals surface area (Å²) in [5, 5.41) is 9.88. The number of anilines is 1. The van der Waals surface area contributed by atoms with E-state index in [1.54, 1.807) is 31.3 Å². The summed E-state index contributed by atoms with van der Waals surface area (Å²) >= 11 is 12.4. The fourth-order valence-electron chi connectivity index (χ4n) is 5.40. The number of esters is 1. The molecule has 2 atom stereocenters. The number of likely N-dealkylation sites (N-methyl/N-ethyl adjacent to an activating group) is 1. The maximum atomic E-state index is 14.3. The summed E-state index contributed by atoms with van der Waals surface area (Å²) in [6.45, 7) is 1.07. The molecule has 198 valence electrons. The van der Waals surface area contributed by atoms with Crippen LogP contribution in [-0.4, -0.2) is 65.5 Å². The van der Waals surface area contributed by atoms with Crippen LogP contribution in [0.4, 0.5) is 10.5 Å². The Morgan fingerprint density at radius 2 is 1.82 bits per heavy atom. The average molecular weight is 564 g/mol. The summed E-state index contributed by atoms with van der Waals surface area (Å²) in [6, 6.07) is 16.7. The highest BCUT2D eigenvalue weighted by molar-refractivity contribution is 6.35. The van der Waals surface area contributed by atoms with E-state index in [2.05, 4.69) is 16.0 Å². The molecule has 0 radical (unpaired) electrons. The van der Waals surface area contributed by atoms with Crippen molar-refractivity contribution < 1.29 is 19.1 Å². The Bertz CT molecular complexity index is 1490. The lowest BCUT2D eigenvalue weighted by atomic mass is 9.80. The van der Waals surface area contributed by atoms with Crippen LogP contribution in [0.5, 0.6) is 0 Å². The lowest BCUT2D eigenvalue weighted by molar-refractivity contribution is -0.124. The first-order valence-corrected chi connectivity index (χ1v) is 12.8. The molecule has 2 aliphatic rings. The molecular formula is C28H23Cl2N5O4. The highest BCUT2D eigenvalue weighted by Gasteiger charge is 2.64. The average Bonchev–Trinajstić information content (AvgIpc) is 3.39. The summed E-state index contributed by atoms with van der Waals surface area (Å²) < 4.78 is 4.74. The number of amides is 3. The van der Waals surface area contributed by atoms with Gasteiger partial charge < -0.3 is 9.64 Å². The largest absolute Gasteiger partial charge is 0.465 e. The molecule has 1 spiro atoms. The first kappa shape index (κ1) is 26.6. The molecule has 2 aliphatic heterocycles. The number of nitriles is 1. The number of carbonyl (C=O) groups excluding carboxylic acids is 3. The van der Waals surface area contributed by atoms with E-state index in [1.807, 2.05) is 12.1 Å². The highest BCUT2D eigenvalue weighted by atomic mass is 35.5. The topological polar surface area (TPSA) is 107 Å². The standard InChI is InChI=1S/C28H23Cl2N5O4/c1-33-27(38)35(23-10-20(29)9-21(30)11-23)26(37)28(33)16-34(14-22-8-7-19(13-32-22)25(36)39-2)15-24(28)18-5-3-17(12-31)4-6-18/h3-11,13,24H,14-16H2,1-2H3. The second-order valence-electron chi connectivity index (χ2n) is 9.52. The van der Waals surface area contributed by atoms with Crippen LogP contribution >= 0.6 is 23.2 Å². The van der Waals surface area contributed by atoms with Gasteiger partial charge in [0.05, 0.1) is 35.7 Å². The third kappa shape index (κ3) is 4.61. The number of likely N-dealkylation sites (tertiary alicyclic amines) is 1. The lowest BCUT2D eigenvalue weighted by Crippen LogP contribution is -2.53. The Kier molecular flexibility index (Phi) is 7.03. The number of hydrogen-bond acceptors (Lipinski definition) is 7. The minimum absolute atomic E-state index is 0.240. The highest BCUT2D eigenvalue weighted by Crippen LogP contribution is 2.47. The van der Waals surface area contributed by atoms with Crippen LogP contribution in [0.3, 0.4) is 0 Å². The lowest BCUT2D eigenvalue weighted by Gasteiger charge is -2.34. The van der Waals surface area contributed by atoms with Crippen molar-refractivity contribution in [3.8, 4) is 6.07 Å². The normalized spacial score (nSPS) is 21.1. The molecule has 1 aromatic heterocycles. The second-order valence-corrected chi connectivity index (χ2v) is 10.4. The smallest absolute Gasteiger partial charge is 0.339 e. The summed E-state index contributed by atoms with van der Waals surface area (Å²) in [7, 11) is 2.93. The Morgan fingerprint density at radius 3 is 2.41 bits per heavy atom. The van der Waals surface area contributed by atoms with Crippen molar-refractivity contribution in [3.05, 3.63) is 93.2 Å². The number of halogens is 2. The monoisotopic (exact) mass is 563 g/mol. The molecule has 0 bridgehead atoms. The van der Waals surface area contributed by atoms with Gasteiger partial charge in [-0.2, -0.15) is 5.26 Å². The van der Waals surface area contributed by atoms with Crippen molar-refractivity contribution >= 4 is 46.8 Å². The van der Waals surface area contributed by atoms with Gasteiger partial charge in [-0.1, -0.05) is 35.3 Å². The maximum Gasteiger partial charge on any atom is 0.339 e. The molecule has 3 amide bonds. The van der Waals surface area contributed by atoms with Crippen LogP contribution in [-0.2, 0) is 16.1 Å². The van der Waals surface area contributed by atoms with Gasteiger partial charge in [0.25, 0.3) is 5.91 Å². The third-order valence-corrected chi connectivity index (χ3v) is 7.75. The number of imide groups is 1. The van der Waals surface area contributed by atoms with E-state index in [0.29, 0.717) is 45.6 Å². The van der Waals surface area contributed by atoms with Crippen LogP contribution in [0.15, 0.2) is 60.8 Å². The Labute approximate surface area is 235 Å². The van der Waals surface area contributed by atoms with Crippen LogP contribution in [0, 0.1) is 11.3 Å². The number of nitrogens with zero attached hydrogens (tertiary/aromatic N) is 5. The molecule has 2 aromatic carbocycles. The van der Waals surface area contributed by atoms with Gasteiger partial charge in [0.2, 0.25) is 0 Å². The van der Waals surface area contributed by atoms with Crippen molar-refractivity contribution in [3.63, 3.8) is 0 Å². The number of benzene rings is 2. The minimum Gasteiger partial charge on any atom is -0.465 e. The van der Waals surface area contributed by atoms with Crippen LogP contribution in [0.1, 0.15) is 33.1 Å². The number of urea groups is 1. The quantitative estimate of drug-likeness (QED) is 0.332. The summed E-state index contributed by atoms with van der Waals surface area (Å²) in [5.74, 6) is -1.27. The molecule has 39 heavy (non-hydrogen) atoms. The van der Waals surface area contributed by atoms with E-state index in [1.165, 1.54) is 36.4 Å². The summed E-state index contributed by atoms with van der Waals surface area (Å²) in [6.07, 6.45) is 1.45. The number of methoxy groups -OCH3 is 1. The Morgan fingerprint density at radius 1 is 1.13 bits per heavy atom.